The first-order chi connectivity index (χ1) is 11.9. The van der Waals surface area contributed by atoms with E-state index in [9.17, 15) is 0 Å². The van der Waals surface area contributed by atoms with Crippen LogP contribution >= 0.6 is 20.7 Å². The van der Waals surface area contributed by atoms with Gasteiger partial charge in [-0.25, -0.2) is 4.99 Å². The monoisotopic (exact) mass is 366 g/mol. The highest BCUT2D eigenvalue weighted by molar-refractivity contribution is 7.68. The van der Waals surface area contributed by atoms with Gasteiger partial charge in [0.15, 0.2) is 0 Å². The van der Waals surface area contributed by atoms with E-state index >= 15 is 0 Å². The SMILES string of the molecule is Cc1ccc2c(c1)-c1c(ssc1=Nc1cccc(C)c1C)C(C)(C)N2. The van der Waals surface area contributed by atoms with Crippen LogP contribution in [-0.4, -0.2) is 0 Å². The molecule has 0 radical (unpaired) electrons. The average molecular weight is 367 g/mol. The molecule has 3 aromatic rings. The Kier molecular flexibility index (Phi) is 3.85. The van der Waals surface area contributed by atoms with Crippen LogP contribution in [0.25, 0.3) is 11.1 Å². The molecule has 0 unspecified atom stereocenters. The van der Waals surface area contributed by atoms with Crippen molar-refractivity contribution in [2.24, 2.45) is 4.99 Å². The molecule has 4 heteroatoms. The van der Waals surface area contributed by atoms with Gasteiger partial charge in [-0.15, -0.1) is 0 Å². The first kappa shape index (κ1) is 16.6. The number of hydrogen-bond donors (Lipinski definition) is 1. The fraction of sp³-hybridized carbons (Fsp3) is 0.286. The van der Waals surface area contributed by atoms with E-state index in [1.165, 1.54) is 38.4 Å². The van der Waals surface area contributed by atoms with Crippen molar-refractivity contribution in [1.82, 2.24) is 0 Å². The Morgan fingerprint density at radius 2 is 1.80 bits per heavy atom. The van der Waals surface area contributed by atoms with E-state index in [4.69, 9.17) is 4.99 Å². The lowest BCUT2D eigenvalue weighted by Gasteiger charge is -2.33. The van der Waals surface area contributed by atoms with Gasteiger partial charge < -0.3 is 5.32 Å². The standard InChI is InChI=1S/C21H22N2S2/c1-12-9-10-17-15(11-12)18-19(21(4,5)23-17)24-25-20(18)22-16-8-6-7-13(2)14(16)3/h6-11,23H,1-5H3. The molecule has 0 saturated carbocycles. The number of rotatable bonds is 1. The highest BCUT2D eigenvalue weighted by Crippen LogP contribution is 2.45. The number of aryl methyl sites for hydroxylation is 2. The van der Waals surface area contributed by atoms with Crippen LogP contribution in [-0.2, 0) is 5.54 Å². The van der Waals surface area contributed by atoms with Crippen molar-refractivity contribution in [1.29, 1.82) is 0 Å². The molecule has 2 heterocycles. The predicted molar refractivity (Wildman–Crippen MR) is 110 cm³/mol. The van der Waals surface area contributed by atoms with Crippen LogP contribution in [0.3, 0.4) is 0 Å². The van der Waals surface area contributed by atoms with E-state index in [1.54, 1.807) is 10.3 Å². The second-order valence-electron chi connectivity index (χ2n) is 7.31. The second-order valence-corrected chi connectivity index (χ2v) is 9.43. The fourth-order valence-electron chi connectivity index (χ4n) is 3.32. The van der Waals surface area contributed by atoms with Gasteiger partial charge in [0.05, 0.1) is 16.1 Å². The lowest BCUT2D eigenvalue weighted by atomic mass is 9.89. The first-order valence-electron chi connectivity index (χ1n) is 8.50. The zero-order chi connectivity index (χ0) is 17.8. The molecule has 2 aromatic carbocycles. The molecular formula is C21H22N2S2. The van der Waals surface area contributed by atoms with Gasteiger partial charge in [0.2, 0.25) is 0 Å². The number of benzene rings is 2. The van der Waals surface area contributed by atoms with E-state index in [0.717, 1.165) is 10.4 Å². The third kappa shape index (κ3) is 2.74. The minimum Gasteiger partial charge on any atom is -0.375 e. The topological polar surface area (TPSA) is 24.4 Å². The van der Waals surface area contributed by atoms with E-state index < -0.39 is 0 Å². The molecule has 128 valence electrons. The van der Waals surface area contributed by atoms with Crippen LogP contribution in [0.1, 0.15) is 35.4 Å². The van der Waals surface area contributed by atoms with Gasteiger partial charge in [0, 0.05) is 16.8 Å². The molecule has 0 bridgehead atoms. The summed E-state index contributed by atoms with van der Waals surface area (Å²) in [6.07, 6.45) is 0. The number of fused-ring (bicyclic) bond motifs is 3. The fourth-order valence-corrected chi connectivity index (χ4v) is 6.25. The summed E-state index contributed by atoms with van der Waals surface area (Å²) in [6, 6.07) is 13.0. The Bertz CT molecular complexity index is 1040. The Morgan fingerprint density at radius 1 is 1.00 bits per heavy atom. The van der Waals surface area contributed by atoms with Gasteiger partial charge in [-0.2, -0.15) is 0 Å². The molecule has 0 fully saturated rings. The molecule has 0 atom stereocenters. The molecule has 0 amide bonds. The Balaban J connectivity index is 2.02. The summed E-state index contributed by atoms with van der Waals surface area (Å²) in [5.74, 6) is 0. The average Bonchev–Trinajstić information content (AvgIpc) is 2.98. The zero-order valence-electron chi connectivity index (χ0n) is 15.2. The lowest BCUT2D eigenvalue weighted by Crippen LogP contribution is -2.31. The van der Waals surface area contributed by atoms with E-state index in [2.05, 4.69) is 76.3 Å². The number of hydrogen-bond acceptors (Lipinski definition) is 4. The highest BCUT2D eigenvalue weighted by Gasteiger charge is 2.33. The summed E-state index contributed by atoms with van der Waals surface area (Å²) in [5.41, 5.74) is 8.59. The molecule has 25 heavy (non-hydrogen) atoms. The molecule has 4 rings (SSSR count). The third-order valence-electron chi connectivity index (χ3n) is 4.90. The highest BCUT2D eigenvalue weighted by atomic mass is 32.9. The zero-order valence-corrected chi connectivity index (χ0v) is 16.9. The Labute approximate surface area is 156 Å². The third-order valence-corrected chi connectivity index (χ3v) is 7.54. The van der Waals surface area contributed by atoms with Gasteiger partial charge >= 0.3 is 0 Å². The van der Waals surface area contributed by atoms with Crippen LogP contribution in [0, 0.1) is 20.8 Å². The summed E-state index contributed by atoms with van der Waals surface area (Å²) in [7, 11) is 3.62. The quantitative estimate of drug-likeness (QED) is 0.502. The Hall–Kier alpha value is -1.91. The number of nitrogens with one attached hydrogen (secondary N) is 1. The summed E-state index contributed by atoms with van der Waals surface area (Å²) < 4.78 is 1.12. The van der Waals surface area contributed by atoms with Crippen molar-refractivity contribution in [2.75, 3.05) is 5.32 Å². The van der Waals surface area contributed by atoms with Crippen LogP contribution in [0.5, 0.6) is 0 Å². The summed E-state index contributed by atoms with van der Waals surface area (Å²) in [5, 5.41) is 3.69. The Morgan fingerprint density at radius 3 is 2.60 bits per heavy atom. The van der Waals surface area contributed by atoms with Crippen molar-refractivity contribution in [2.45, 2.75) is 40.2 Å². The minimum absolute atomic E-state index is 0.0752. The van der Waals surface area contributed by atoms with Crippen LogP contribution in [0.4, 0.5) is 11.4 Å². The number of nitrogens with zero attached hydrogens (tertiary/aromatic N) is 1. The van der Waals surface area contributed by atoms with E-state index in [1.807, 2.05) is 10.3 Å². The second kappa shape index (κ2) is 5.82. The molecular weight excluding hydrogens is 344 g/mol. The van der Waals surface area contributed by atoms with Crippen molar-refractivity contribution in [3.63, 3.8) is 0 Å². The van der Waals surface area contributed by atoms with Crippen molar-refractivity contribution >= 4 is 32.1 Å². The largest absolute Gasteiger partial charge is 0.375 e. The molecule has 0 aliphatic carbocycles. The normalized spacial score (nSPS) is 15.5. The van der Waals surface area contributed by atoms with Crippen LogP contribution in [0.2, 0.25) is 0 Å². The maximum Gasteiger partial charge on any atom is 0.135 e. The molecule has 1 aromatic heterocycles. The summed E-state index contributed by atoms with van der Waals surface area (Å²) in [4.78, 5) is 6.44. The van der Waals surface area contributed by atoms with Gasteiger partial charge in [-0.1, -0.05) is 44.4 Å². The maximum atomic E-state index is 5.07. The van der Waals surface area contributed by atoms with Crippen LogP contribution < -0.4 is 9.99 Å². The van der Waals surface area contributed by atoms with Crippen LogP contribution in [0.15, 0.2) is 41.4 Å². The smallest absolute Gasteiger partial charge is 0.135 e. The van der Waals surface area contributed by atoms with E-state index in [0.29, 0.717) is 0 Å². The summed E-state index contributed by atoms with van der Waals surface area (Å²) >= 11 is 0. The molecule has 0 spiro atoms. The lowest BCUT2D eigenvalue weighted by molar-refractivity contribution is 0.619. The first-order valence-corrected chi connectivity index (χ1v) is 10.7. The molecule has 1 aliphatic rings. The molecule has 1 aliphatic heterocycles. The molecule has 2 nitrogen and oxygen atoms in total. The molecule has 0 saturated heterocycles. The van der Waals surface area contributed by atoms with Gasteiger partial charge in [-0.05, 0) is 63.9 Å². The van der Waals surface area contributed by atoms with Crippen molar-refractivity contribution < 1.29 is 0 Å². The summed E-state index contributed by atoms with van der Waals surface area (Å²) in [6.45, 7) is 10.9. The molecule has 1 N–H and O–H groups in total. The minimum atomic E-state index is -0.0752. The predicted octanol–water partition coefficient (Wildman–Crippen LogP) is 6.29. The van der Waals surface area contributed by atoms with E-state index in [-0.39, 0.29) is 5.54 Å². The van der Waals surface area contributed by atoms with Gasteiger partial charge in [0.25, 0.3) is 0 Å². The van der Waals surface area contributed by atoms with Crippen molar-refractivity contribution in [3.05, 3.63) is 62.6 Å². The van der Waals surface area contributed by atoms with Gasteiger partial charge in [0.1, 0.15) is 4.67 Å². The maximum absolute atomic E-state index is 5.07. The van der Waals surface area contributed by atoms with Gasteiger partial charge in [-0.3, -0.25) is 0 Å². The van der Waals surface area contributed by atoms with Crippen molar-refractivity contribution in [3.8, 4) is 11.1 Å². The number of anilines is 1.